The van der Waals surface area contributed by atoms with Crippen molar-refractivity contribution in [1.29, 1.82) is 0 Å². The van der Waals surface area contributed by atoms with Gasteiger partial charge in [-0.1, -0.05) is 0 Å². The van der Waals surface area contributed by atoms with E-state index < -0.39 is 5.54 Å². The minimum absolute atomic E-state index is 0. The number of aromatic nitrogens is 2. The molecule has 1 heterocycles. The summed E-state index contributed by atoms with van der Waals surface area (Å²) in [6.45, 7) is 3.75. The number of rotatable bonds is 4. The van der Waals surface area contributed by atoms with Crippen LogP contribution in [0.5, 0.6) is 0 Å². The van der Waals surface area contributed by atoms with E-state index in [4.69, 9.17) is 5.73 Å². The summed E-state index contributed by atoms with van der Waals surface area (Å²) >= 11 is 0. The lowest BCUT2D eigenvalue weighted by Crippen LogP contribution is -2.49. The third kappa shape index (κ3) is 4.56. The first kappa shape index (κ1) is 20.6. The van der Waals surface area contributed by atoms with Gasteiger partial charge in [-0.3, -0.25) is 4.79 Å². The third-order valence-electron chi connectivity index (χ3n) is 3.15. The molecular formula is C14H21Cl2FN4O. The summed E-state index contributed by atoms with van der Waals surface area (Å²) in [5.74, 6) is 0.281. The lowest BCUT2D eigenvalue weighted by Gasteiger charge is -2.17. The van der Waals surface area contributed by atoms with Crippen molar-refractivity contribution in [3.05, 3.63) is 29.8 Å². The number of carbonyl (C=O) groups excluding carboxylic acids is 1. The van der Waals surface area contributed by atoms with Crippen LogP contribution in [0.15, 0.2) is 18.2 Å². The molecule has 1 amide bonds. The molecule has 2 aromatic rings. The Morgan fingerprint density at radius 2 is 2.05 bits per heavy atom. The van der Waals surface area contributed by atoms with Gasteiger partial charge in [0.25, 0.3) is 0 Å². The molecule has 0 spiro atoms. The first-order chi connectivity index (χ1) is 9.29. The molecule has 124 valence electrons. The fourth-order valence-electron chi connectivity index (χ4n) is 1.96. The molecule has 1 aromatic carbocycles. The van der Waals surface area contributed by atoms with Crippen LogP contribution in [0.4, 0.5) is 4.39 Å². The molecule has 8 heteroatoms. The van der Waals surface area contributed by atoms with E-state index in [1.54, 1.807) is 19.9 Å². The van der Waals surface area contributed by atoms with Gasteiger partial charge in [-0.05, 0) is 26.0 Å². The van der Waals surface area contributed by atoms with Gasteiger partial charge in [0.1, 0.15) is 11.6 Å². The molecule has 1 aromatic heterocycles. The zero-order chi connectivity index (χ0) is 14.9. The number of halogens is 3. The van der Waals surface area contributed by atoms with Crippen LogP contribution in [0, 0.1) is 5.82 Å². The van der Waals surface area contributed by atoms with Gasteiger partial charge in [-0.15, -0.1) is 24.8 Å². The number of imidazole rings is 1. The Kier molecular flexibility index (Phi) is 7.28. The van der Waals surface area contributed by atoms with Crippen molar-refractivity contribution >= 4 is 41.8 Å². The maximum absolute atomic E-state index is 13.1. The minimum atomic E-state index is -0.893. The van der Waals surface area contributed by atoms with Gasteiger partial charge in [0.05, 0.1) is 16.6 Å². The monoisotopic (exact) mass is 350 g/mol. The Bertz CT molecular complexity index is 652. The summed E-state index contributed by atoms with van der Waals surface area (Å²) in [4.78, 5) is 16.0. The van der Waals surface area contributed by atoms with Crippen molar-refractivity contribution in [2.24, 2.45) is 12.8 Å². The van der Waals surface area contributed by atoms with E-state index in [0.717, 1.165) is 11.3 Å². The van der Waals surface area contributed by atoms with Crippen LogP contribution in [-0.4, -0.2) is 27.5 Å². The van der Waals surface area contributed by atoms with Crippen molar-refractivity contribution < 1.29 is 9.18 Å². The zero-order valence-electron chi connectivity index (χ0n) is 12.7. The SMILES string of the molecule is Cl.Cl.Cn1c(CCNC(=O)C(C)(C)N)nc2cc(F)ccc21. The molecule has 3 N–H and O–H groups in total. The van der Waals surface area contributed by atoms with Gasteiger partial charge in [0.2, 0.25) is 5.91 Å². The summed E-state index contributed by atoms with van der Waals surface area (Å²) in [7, 11) is 1.87. The smallest absolute Gasteiger partial charge is 0.239 e. The van der Waals surface area contributed by atoms with Crippen LogP contribution in [0.3, 0.4) is 0 Å². The lowest BCUT2D eigenvalue weighted by atomic mass is 10.1. The number of aryl methyl sites for hydroxylation is 1. The van der Waals surface area contributed by atoms with Crippen molar-refractivity contribution in [2.45, 2.75) is 25.8 Å². The summed E-state index contributed by atoms with van der Waals surface area (Å²) in [6.07, 6.45) is 0.564. The van der Waals surface area contributed by atoms with Gasteiger partial charge in [0, 0.05) is 26.1 Å². The van der Waals surface area contributed by atoms with Crippen LogP contribution in [0.2, 0.25) is 0 Å². The fraction of sp³-hybridized carbons (Fsp3) is 0.429. The van der Waals surface area contributed by atoms with E-state index in [9.17, 15) is 9.18 Å². The predicted octanol–water partition coefficient (Wildman–Crippen LogP) is 1.95. The van der Waals surface area contributed by atoms with Gasteiger partial charge < -0.3 is 15.6 Å². The first-order valence-corrected chi connectivity index (χ1v) is 6.47. The standard InChI is InChI=1S/C14H19FN4O.2ClH/c1-14(2,16)13(20)17-7-6-12-18-10-8-9(15)4-5-11(10)19(12)3;;/h4-5,8H,6-7,16H2,1-3H3,(H,17,20);2*1H. The Balaban J connectivity index is 0.00000220. The highest BCUT2D eigenvalue weighted by Gasteiger charge is 2.21. The molecule has 0 aliphatic heterocycles. The van der Waals surface area contributed by atoms with E-state index in [-0.39, 0.29) is 36.5 Å². The van der Waals surface area contributed by atoms with E-state index in [0.29, 0.717) is 18.5 Å². The minimum Gasteiger partial charge on any atom is -0.354 e. The second-order valence-corrected chi connectivity index (χ2v) is 5.45. The topological polar surface area (TPSA) is 72.9 Å². The molecule has 22 heavy (non-hydrogen) atoms. The second kappa shape index (κ2) is 7.76. The Morgan fingerprint density at radius 3 is 2.64 bits per heavy atom. The summed E-state index contributed by atoms with van der Waals surface area (Å²) in [6, 6.07) is 4.51. The number of nitrogens with two attached hydrogens (primary N) is 1. The second-order valence-electron chi connectivity index (χ2n) is 5.45. The van der Waals surface area contributed by atoms with Crippen LogP contribution < -0.4 is 11.1 Å². The molecule has 0 unspecified atom stereocenters. The molecule has 2 rings (SSSR count). The maximum atomic E-state index is 13.1. The fourth-order valence-corrected chi connectivity index (χ4v) is 1.96. The normalized spacial score (nSPS) is 10.8. The molecule has 5 nitrogen and oxygen atoms in total. The van der Waals surface area contributed by atoms with Crippen LogP contribution in [0.25, 0.3) is 11.0 Å². The molecular weight excluding hydrogens is 330 g/mol. The first-order valence-electron chi connectivity index (χ1n) is 6.47. The van der Waals surface area contributed by atoms with Crippen molar-refractivity contribution in [3.63, 3.8) is 0 Å². The van der Waals surface area contributed by atoms with Crippen molar-refractivity contribution in [3.8, 4) is 0 Å². The highest BCUT2D eigenvalue weighted by Crippen LogP contribution is 2.16. The number of nitrogens with one attached hydrogen (secondary N) is 1. The van der Waals surface area contributed by atoms with E-state index in [1.165, 1.54) is 12.1 Å². The maximum Gasteiger partial charge on any atom is 0.239 e. The van der Waals surface area contributed by atoms with E-state index in [2.05, 4.69) is 10.3 Å². The summed E-state index contributed by atoms with van der Waals surface area (Å²) in [5, 5.41) is 2.76. The average molecular weight is 351 g/mol. The number of hydrogen-bond acceptors (Lipinski definition) is 3. The van der Waals surface area contributed by atoms with Crippen LogP contribution in [-0.2, 0) is 18.3 Å². The average Bonchev–Trinajstić information content (AvgIpc) is 2.64. The Morgan fingerprint density at radius 1 is 1.41 bits per heavy atom. The molecule has 0 bridgehead atoms. The van der Waals surface area contributed by atoms with Gasteiger partial charge in [-0.25, -0.2) is 9.37 Å². The number of nitrogens with zero attached hydrogens (tertiary/aromatic N) is 2. The van der Waals surface area contributed by atoms with E-state index in [1.807, 2.05) is 11.6 Å². The lowest BCUT2D eigenvalue weighted by molar-refractivity contribution is -0.125. The largest absolute Gasteiger partial charge is 0.354 e. The number of hydrogen-bond donors (Lipinski definition) is 2. The van der Waals surface area contributed by atoms with E-state index >= 15 is 0 Å². The number of amides is 1. The molecule has 0 radical (unpaired) electrons. The third-order valence-corrected chi connectivity index (χ3v) is 3.15. The van der Waals surface area contributed by atoms with Crippen LogP contribution in [0.1, 0.15) is 19.7 Å². The van der Waals surface area contributed by atoms with Gasteiger partial charge in [-0.2, -0.15) is 0 Å². The Labute approximate surface area is 141 Å². The van der Waals surface area contributed by atoms with Gasteiger partial charge in [0.15, 0.2) is 0 Å². The molecule has 0 atom stereocenters. The van der Waals surface area contributed by atoms with Crippen molar-refractivity contribution in [2.75, 3.05) is 6.54 Å². The number of fused-ring (bicyclic) bond motifs is 1. The Hall–Kier alpha value is -1.37. The molecule has 0 aliphatic rings. The predicted molar refractivity (Wildman–Crippen MR) is 90.1 cm³/mol. The van der Waals surface area contributed by atoms with Crippen LogP contribution >= 0.6 is 24.8 Å². The van der Waals surface area contributed by atoms with Gasteiger partial charge >= 0.3 is 0 Å². The quantitative estimate of drug-likeness (QED) is 0.884. The highest BCUT2D eigenvalue weighted by atomic mass is 35.5. The molecule has 0 aliphatic carbocycles. The molecule has 0 saturated heterocycles. The van der Waals surface area contributed by atoms with Crippen molar-refractivity contribution in [1.82, 2.24) is 14.9 Å². The summed E-state index contributed by atoms with van der Waals surface area (Å²) < 4.78 is 15.0. The zero-order valence-corrected chi connectivity index (χ0v) is 14.4. The highest BCUT2D eigenvalue weighted by molar-refractivity contribution is 5.86. The molecule has 0 fully saturated rings. The molecule has 0 saturated carbocycles. The summed E-state index contributed by atoms with van der Waals surface area (Å²) in [5.41, 5.74) is 6.28. The number of benzene rings is 1. The number of carbonyl (C=O) groups is 1.